The highest BCUT2D eigenvalue weighted by atomic mass is 16.6. The highest BCUT2D eigenvalue weighted by molar-refractivity contribution is 5.96. The van der Waals surface area contributed by atoms with Gasteiger partial charge in [-0.05, 0) is 31.5 Å². The molecule has 0 bridgehead atoms. The van der Waals surface area contributed by atoms with E-state index in [1.165, 1.54) is 0 Å². The van der Waals surface area contributed by atoms with Gasteiger partial charge in [-0.25, -0.2) is 0 Å². The summed E-state index contributed by atoms with van der Waals surface area (Å²) < 4.78 is 13.6. The first-order chi connectivity index (χ1) is 13.2. The zero-order valence-corrected chi connectivity index (χ0v) is 15.5. The molecule has 1 fully saturated rings. The standard InChI is InChI=1S/C20H24N4O3/c1-22-19-14(9-21-22)10-24(20(19)25)15-5-4-8-23(11-15)12-16-13-26-17-6-2-3-7-18(17)27-16/h2-3,6-7,9,15-16H,4-5,8,10-13H2,1H3. The molecule has 3 aliphatic rings. The SMILES string of the molecule is Cn1ncc2c1C(=O)N(C1CCCN(CC3COc4ccccc4O3)C1)C2. The number of fused-ring (bicyclic) bond motifs is 2. The Morgan fingerprint density at radius 3 is 2.96 bits per heavy atom. The summed E-state index contributed by atoms with van der Waals surface area (Å²) in [6.45, 7) is 3.99. The lowest BCUT2D eigenvalue weighted by molar-refractivity contribution is 0.0303. The highest BCUT2D eigenvalue weighted by Gasteiger charge is 2.37. The number of hydrogen-bond donors (Lipinski definition) is 0. The average molecular weight is 368 g/mol. The van der Waals surface area contributed by atoms with E-state index in [0.717, 1.165) is 55.2 Å². The van der Waals surface area contributed by atoms with E-state index in [4.69, 9.17) is 9.47 Å². The van der Waals surface area contributed by atoms with Gasteiger partial charge in [0.2, 0.25) is 0 Å². The molecule has 1 aromatic carbocycles. The Balaban J connectivity index is 1.23. The van der Waals surface area contributed by atoms with Crippen LogP contribution >= 0.6 is 0 Å². The van der Waals surface area contributed by atoms with E-state index in [0.29, 0.717) is 13.2 Å². The number of nitrogens with zero attached hydrogens (tertiary/aromatic N) is 4. The first-order valence-electron chi connectivity index (χ1n) is 9.62. The van der Waals surface area contributed by atoms with E-state index in [9.17, 15) is 4.79 Å². The number of carbonyl (C=O) groups excluding carboxylic acids is 1. The molecule has 5 rings (SSSR count). The second kappa shape index (κ2) is 6.56. The Hall–Kier alpha value is -2.54. The molecule has 2 atom stereocenters. The lowest BCUT2D eigenvalue weighted by atomic mass is 10.0. The minimum absolute atomic E-state index is 0.0225. The lowest BCUT2D eigenvalue weighted by Crippen LogP contribution is -2.51. The second-order valence-corrected chi connectivity index (χ2v) is 7.63. The number of piperidine rings is 1. The molecule has 1 amide bonds. The number of likely N-dealkylation sites (tertiary alicyclic amines) is 1. The van der Waals surface area contributed by atoms with Crippen molar-refractivity contribution in [2.75, 3.05) is 26.2 Å². The lowest BCUT2D eigenvalue weighted by Gasteiger charge is -2.39. The van der Waals surface area contributed by atoms with Crippen molar-refractivity contribution in [3.63, 3.8) is 0 Å². The third kappa shape index (κ3) is 2.96. The number of aromatic nitrogens is 2. The fraction of sp³-hybridized carbons (Fsp3) is 0.500. The molecular formula is C20H24N4O3. The summed E-state index contributed by atoms with van der Waals surface area (Å²) in [4.78, 5) is 17.2. The molecule has 1 saturated heterocycles. The maximum absolute atomic E-state index is 12.8. The number of benzene rings is 1. The topological polar surface area (TPSA) is 59.8 Å². The van der Waals surface area contributed by atoms with Gasteiger partial charge in [0.15, 0.2) is 11.5 Å². The molecule has 3 aliphatic heterocycles. The van der Waals surface area contributed by atoms with Crippen molar-refractivity contribution in [2.45, 2.75) is 31.5 Å². The van der Waals surface area contributed by atoms with Crippen LogP contribution in [0.15, 0.2) is 30.5 Å². The van der Waals surface area contributed by atoms with Crippen molar-refractivity contribution < 1.29 is 14.3 Å². The van der Waals surface area contributed by atoms with Crippen LogP contribution in [0.5, 0.6) is 11.5 Å². The van der Waals surface area contributed by atoms with E-state index >= 15 is 0 Å². The molecule has 7 nitrogen and oxygen atoms in total. The Kier molecular flexibility index (Phi) is 4.04. The fourth-order valence-corrected chi connectivity index (χ4v) is 4.45. The van der Waals surface area contributed by atoms with Gasteiger partial charge in [-0.15, -0.1) is 0 Å². The molecular weight excluding hydrogens is 344 g/mol. The predicted octanol–water partition coefficient (Wildman–Crippen LogP) is 1.68. The molecule has 1 aromatic heterocycles. The maximum atomic E-state index is 12.8. The summed E-state index contributed by atoms with van der Waals surface area (Å²) in [6, 6.07) is 8.06. The maximum Gasteiger partial charge on any atom is 0.273 e. The molecule has 0 aliphatic carbocycles. The van der Waals surface area contributed by atoms with Gasteiger partial charge < -0.3 is 14.4 Å². The van der Waals surface area contributed by atoms with Crippen molar-refractivity contribution >= 4 is 5.91 Å². The molecule has 2 aromatic rings. The molecule has 142 valence electrons. The summed E-state index contributed by atoms with van der Waals surface area (Å²) in [5.74, 6) is 1.75. The summed E-state index contributed by atoms with van der Waals surface area (Å²) in [5.41, 5.74) is 1.79. The van der Waals surface area contributed by atoms with E-state index in [1.54, 1.807) is 4.68 Å². The summed E-state index contributed by atoms with van der Waals surface area (Å²) in [7, 11) is 1.84. The van der Waals surface area contributed by atoms with E-state index < -0.39 is 0 Å². The van der Waals surface area contributed by atoms with Crippen LogP contribution in [0.2, 0.25) is 0 Å². The van der Waals surface area contributed by atoms with Gasteiger partial charge >= 0.3 is 0 Å². The van der Waals surface area contributed by atoms with E-state index in [-0.39, 0.29) is 18.1 Å². The van der Waals surface area contributed by atoms with Gasteiger partial charge in [0, 0.05) is 31.7 Å². The summed E-state index contributed by atoms with van der Waals surface area (Å²) in [5, 5.41) is 4.21. The summed E-state index contributed by atoms with van der Waals surface area (Å²) in [6.07, 6.45) is 3.98. The number of rotatable bonds is 3. The van der Waals surface area contributed by atoms with Crippen LogP contribution in [0.4, 0.5) is 0 Å². The Labute approximate surface area is 158 Å². The predicted molar refractivity (Wildman–Crippen MR) is 98.9 cm³/mol. The van der Waals surface area contributed by atoms with Crippen molar-refractivity contribution in [3.8, 4) is 11.5 Å². The van der Waals surface area contributed by atoms with E-state index in [2.05, 4.69) is 10.00 Å². The van der Waals surface area contributed by atoms with Gasteiger partial charge in [0.1, 0.15) is 18.4 Å². The van der Waals surface area contributed by atoms with Gasteiger partial charge in [-0.1, -0.05) is 12.1 Å². The number of aryl methyl sites for hydroxylation is 1. The number of para-hydroxylation sites is 2. The third-order valence-corrected chi connectivity index (χ3v) is 5.77. The molecule has 27 heavy (non-hydrogen) atoms. The van der Waals surface area contributed by atoms with Gasteiger partial charge in [-0.2, -0.15) is 5.10 Å². The number of carbonyl (C=O) groups is 1. The van der Waals surface area contributed by atoms with Gasteiger partial charge in [0.25, 0.3) is 5.91 Å². The number of amides is 1. The Morgan fingerprint density at radius 2 is 2.11 bits per heavy atom. The zero-order chi connectivity index (χ0) is 18.4. The third-order valence-electron chi connectivity index (χ3n) is 5.77. The molecule has 0 radical (unpaired) electrons. The number of hydrogen-bond acceptors (Lipinski definition) is 5. The van der Waals surface area contributed by atoms with Crippen LogP contribution in [0.1, 0.15) is 28.9 Å². The molecule has 4 heterocycles. The van der Waals surface area contributed by atoms with Gasteiger partial charge in [0.05, 0.1) is 12.7 Å². The first kappa shape index (κ1) is 16.6. The van der Waals surface area contributed by atoms with Crippen molar-refractivity contribution in [1.29, 1.82) is 0 Å². The monoisotopic (exact) mass is 368 g/mol. The quantitative estimate of drug-likeness (QED) is 0.825. The largest absolute Gasteiger partial charge is 0.486 e. The first-order valence-corrected chi connectivity index (χ1v) is 9.62. The van der Waals surface area contributed by atoms with Crippen molar-refractivity contribution in [3.05, 3.63) is 41.7 Å². The van der Waals surface area contributed by atoms with Crippen LogP contribution in [0.3, 0.4) is 0 Å². The molecule has 2 unspecified atom stereocenters. The Bertz CT molecular complexity index is 865. The molecule has 7 heteroatoms. The zero-order valence-electron chi connectivity index (χ0n) is 15.5. The normalized spacial score (nSPS) is 24.9. The Morgan fingerprint density at radius 1 is 1.26 bits per heavy atom. The van der Waals surface area contributed by atoms with E-state index in [1.807, 2.05) is 42.4 Å². The van der Waals surface area contributed by atoms with Crippen molar-refractivity contribution in [2.24, 2.45) is 7.05 Å². The summed E-state index contributed by atoms with van der Waals surface area (Å²) >= 11 is 0. The highest BCUT2D eigenvalue weighted by Crippen LogP contribution is 2.32. The van der Waals surface area contributed by atoms with Crippen LogP contribution in [-0.4, -0.2) is 63.9 Å². The minimum atomic E-state index is 0.0225. The van der Waals surface area contributed by atoms with Crippen LogP contribution < -0.4 is 9.47 Å². The molecule has 0 saturated carbocycles. The second-order valence-electron chi connectivity index (χ2n) is 7.63. The van der Waals surface area contributed by atoms with Gasteiger partial charge in [-0.3, -0.25) is 14.4 Å². The van der Waals surface area contributed by atoms with Crippen molar-refractivity contribution in [1.82, 2.24) is 19.6 Å². The van der Waals surface area contributed by atoms with Crippen LogP contribution in [0, 0.1) is 0 Å². The molecule has 0 N–H and O–H groups in total. The van der Waals surface area contributed by atoms with Crippen LogP contribution in [0.25, 0.3) is 0 Å². The minimum Gasteiger partial charge on any atom is -0.486 e. The van der Waals surface area contributed by atoms with Crippen LogP contribution in [-0.2, 0) is 13.6 Å². The smallest absolute Gasteiger partial charge is 0.273 e. The average Bonchev–Trinajstić information content (AvgIpc) is 3.22. The molecule has 0 spiro atoms. The fourth-order valence-electron chi connectivity index (χ4n) is 4.45. The number of ether oxygens (including phenoxy) is 2.